The van der Waals surface area contributed by atoms with Gasteiger partial charge < -0.3 is 14.6 Å². The van der Waals surface area contributed by atoms with E-state index in [9.17, 15) is 5.11 Å². The van der Waals surface area contributed by atoms with E-state index < -0.39 is 11.6 Å². The van der Waals surface area contributed by atoms with Crippen molar-refractivity contribution in [3.63, 3.8) is 0 Å². The zero-order chi connectivity index (χ0) is 10.6. The molecule has 0 aromatic heterocycles. The number of ether oxygens (including phenoxy) is 2. The summed E-state index contributed by atoms with van der Waals surface area (Å²) in [6, 6.07) is 0. The first-order valence-corrected chi connectivity index (χ1v) is 6.93. The second kappa shape index (κ2) is 2.40. The van der Waals surface area contributed by atoms with E-state index in [1.165, 1.54) is 6.42 Å². The van der Waals surface area contributed by atoms with Crippen LogP contribution in [-0.4, -0.2) is 26.7 Å². The molecule has 2 saturated carbocycles. The standard InChI is InChI=1S/C11H15IO3/c1-10(13)6-4-3-5-7(6)11(2,15-10)14-9(5)8(4)12/h4-9,13H,3H2,1-2H3/t4-,5+,6-,7+,8-,9-,10+,11?/m0/s1. The van der Waals surface area contributed by atoms with Gasteiger partial charge in [-0.15, -0.1) is 0 Å². The van der Waals surface area contributed by atoms with E-state index in [1.807, 2.05) is 13.8 Å². The van der Waals surface area contributed by atoms with Gasteiger partial charge >= 0.3 is 0 Å². The van der Waals surface area contributed by atoms with Crippen LogP contribution in [0.15, 0.2) is 0 Å². The number of aliphatic hydroxyl groups is 1. The van der Waals surface area contributed by atoms with Gasteiger partial charge in [0.2, 0.25) is 0 Å². The number of rotatable bonds is 0. The fourth-order valence-corrected chi connectivity index (χ4v) is 6.22. The van der Waals surface area contributed by atoms with Crippen molar-refractivity contribution in [2.75, 3.05) is 0 Å². The lowest BCUT2D eigenvalue weighted by Gasteiger charge is -2.35. The van der Waals surface area contributed by atoms with Crippen LogP contribution in [0.2, 0.25) is 0 Å². The monoisotopic (exact) mass is 322 g/mol. The van der Waals surface area contributed by atoms with Crippen molar-refractivity contribution in [2.24, 2.45) is 23.7 Å². The average molecular weight is 322 g/mol. The van der Waals surface area contributed by atoms with Gasteiger partial charge in [0.25, 0.3) is 0 Å². The van der Waals surface area contributed by atoms with Crippen molar-refractivity contribution in [2.45, 2.75) is 41.9 Å². The molecule has 8 atom stereocenters. The van der Waals surface area contributed by atoms with Gasteiger partial charge in [-0.05, 0) is 32.1 Å². The summed E-state index contributed by atoms with van der Waals surface area (Å²) in [5.74, 6) is 0.429. The minimum Gasteiger partial charge on any atom is -0.365 e. The summed E-state index contributed by atoms with van der Waals surface area (Å²) in [6.45, 7) is 3.82. The second-order valence-corrected chi connectivity index (χ2v) is 7.25. The van der Waals surface area contributed by atoms with Gasteiger partial charge in [-0.2, -0.15) is 0 Å². The number of alkyl halides is 1. The lowest BCUT2D eigenvalue weighted by molar-refractivity contribution is -0.307. The fraction of sp³-hybridized carbons (Fsp3) is 1.00. The molecule has 0 spiro atoms. The van der Waals surface area contributed by atoms with Crippen LogP contribution in [-0.2, 0) is 9.47 Å². The molecule has 4 rings (SSSR count). The van der Waals surface area contributed by atoms with Gasteiger partial charge in [0.05, 0.1) is 6.10 Å². The number of hydrogen-bond donors (Lipinski definition) is 1. The third-order valence-electron chi connectivity index (χ3n) is 5.00. The summed E-state index contributed by atoms with van der Waals surface area (Å²) < 4.78 is 12.4. The average Bonchev–Trinajstić information content (AvgIpc) is 2.70. The molecule has 2 aliphatic carbocycles. The number of halogens is 1. The third-order valence-corrected chi connectivity index (χ3v) is 6.63. The maximum absolute atomic E-state index is 10.4. The minimum absolute atomic E-state index is 0.285. The van der Waals surface area contributed by atoms with Gasteiger partial charge in [-0.25, -0.2) is 0 Å². The first-order chi connectivity index (χ1) is 6.94. The highest BCUT2D eigenvalue weighted by Crippen LogP contribution is 2.71. The molecule has 2 heterocycles. The molecule has 0 radical (unpaired) electrons. The predicted octanol–water partition coefficient (Wildman–Crippen LogP) is 1.53. The Kier molecular flexibility index (Phi) is 1.54. The fourth-order valence-electron chi connectivity index (χ4n) is 4.80. The van der Waals surface area contributed by atoms with Crippen molar-refractivity contribution in [3.05, 3.63) is 0 Å². The molecule has 1 N–H and O–H groups in total. The molecule has 3 nitrogen and oxygen atoms in total. The van der Waals surface area contributed by atoms with Crippen molar-refractivity contribution in [1.29, 1.82) is 0 Å². The van der Waals surface area contributed by atoms with E-state index in [0.29, 0.717) is 27.8 Å². The SMILES string of the molecule is CC12O[C@@H]3[C@@H](I)[C@H]4C[C@@H]3[C@@H]1[C@H]4[C@](C)(O)O2. The lowest BCUT2D eigenvalue weighted by atomic mass is 9.75. The molecule has 84 valence electrons. The van der Waals surface area contributed by atoms with Crippen LogP contribution in [0.3, 0.4) is 0 Å². The van der Waals surface area contributed by atoms with E-state index in [1.54, 1.807) is 0 Å². The summed E-state index contributed by atoms with van der Waals surface area (Å²) in [6.07, 6.45) is 1.60. The topological polar surface area (TPSA) is 38.7 Å². The normalized spacial score (nSPS) is 74.4. The molecule has 4 fully saturated rings. The Morgan fingerprint density at radius 1 is 1.27 bits per heavy atom. The Bertz CT molecular complexity index is 345. The van der Waals surface area contributed by atoms with Gasteiger partial charge in [0.1, 0.15) is 0 Å². The van der Waals surface area contributed by atoms with Crippen molar-refractivity contribution in [3.8, 4) is 0 Å². The molecule has 2 aliphatic heterocycles. The largest absolute Gasteiger partial charge is 0.365 e. The first kappa shape index (κ1) is 9.62. The summed E-state index contributed by atoms with van der Waals surface area (Å²) in [5.41, 5.74) is 0. The van der Waals surface area contributed by atoms with E-state index in [2.05, 4.69) is 22.6 Å². The van der Waals surface area contributed by atoms with Crippen molar-refractivity contribution in [1.82, 2.24) is 0 Å². The van der Waals surface area contributed by atoms with Crippen LogP contribution in [0.4, 0.5) is 0 Å². The van der Waals surface area contributed by atoms with Gasteiger partial charge in [0.15, 0.2) is 11.6 Å². The van der Waals surface area contributed by atoms with E-state index in [0.717, 1.165) is 0 Å². The number of fused-ring (bicyclic) bond motifs is 2. The highest BCUT2D eigenvalue weighted by Gasteiger charge is 2.77. The lowest BCUT2D eigenvalue weighted by Crippen LogP contribution is -2.44. The Hall–Kier alpha value is 0.610. The van der Waals surface area contributed by atoms with Crippen LogP contribution in [0.1, 0.15) is 20.3 Å². The Balaban J connectivity index is 1.90. The highest BCUT2D eigenvalue weighted by molar-refractivity contribution is 14.1. The van der Waals surface area contributed by atoms with Crippen LogP contribution >= 0.6 is 22.6 Å². The summed E-state index contributed by atoms with van der Waals surface area (Å²) in [7, 11) is 0. The summed E-state index contributed by atoms with van der Waals surface area (Å²) in [5, 5.41) is 10.4. The van der Waals surface area contributed by atoms with Crippen LogP contribution in [0.25, 0.3) is 0 Å². The molecule has 0 aromatic carbocycles. The second-order valence-electron chi connectivity index (χ2n) is 5.81. The van der Waals surface area contributed by atoms with Crippen molar-refractivity contribution >= 4 is 22.6 Å². The molecule has 0 amide bonds. The first-order valence-electron chi connectivity index (χ1n) is 5.68. The van der Waals surface area contributed by atoms with Crippen molar-refractivity contribution < 1.29 is 14.6 Å². The van der Waals surface area contributed by atoms with Crippen LogP contribution in [0, 0.1) is 23.7 Å². The molecular formula is C11H15IO3. The quantitative estimate of drug-likeness (QED) is 0.543. The van der Waals surface area contributed by atoms with Gasteiger partial charge in [-0.3, -0.25) is 0 Å². The maximum Gasteiger partial charge on any atom is 0.172 e. The minimum atomic E-state index is -0.979. The predicted molar refractivity (Wildman–Crippen MR) is 61.4 cm³/mol. The maximum atomic E-state index is 10.4. The van der Waals surface area contributed by atoms with Crippen LogP contribution < -0.4 is 0 Å². The molecule has 2 bridgehead atoms. The smallest absolute Gasteiger partial charge is 0.172 e. The van der Waals surface area contributed by atoms with Gasteiger partial charge in [-0.1, -0.05) is 22.6 Å². The number of hydrogen-bond acceptors (Lipinski definition) is 3. The Morgan fingerprint density at radius 2 is 2.00 bits per heavy atom. The van der Waals surface area contributed by atoms with E-state index in [4.69, 9.17) is 9.47 Å². The highest BCUT2D eigenvalue weighted by atomic mass is 127. The Labute approximate surface area is 103 Å². The van der Waals surface area contributed by atoms with E-state index in [-0.39, 0.29) is 5.92 Å². The molecule has 2 saturated heterocycles. The van der Waals surface area contributed by atoms with Crippen LogP contribution in [0.5, 0.6) is 0 Å². The summed E-state index contributed by atoms with van der Waals surface area (Å²) >= 11 is 2.50. The molecule has 0 aromatic rings. The zero-order valence-corrected chi connectivity index (χ0v) is 11.0. The third kappa shape index (κ3) is 0.872. The molecule has 15 heavy (non-hydrogen) atoms. The zero-order valence-electron chi connectivity index (χ0n) is 8.81. The molecule has 4 aliphatic rings. The summed E-state index contributed by atoms with van der Waals surface area (Å²) in [4.78, 5) is 0. The van der Waals surface area contributed by atoms with E-state index >= 15 is 0 Å². The Morgan fingerprint density at radius 3 is 2.73 bits per heavy atom. The molecular weight excluding hydrogens is 307 g/mol. The molecule has 4 heteroatoms. The van der Waals surface area contributed by atoms with Gasteiger partial charge in [0, 0.05) is 15.8 Å². The molecule has 1 unspecified atom stereocenters.